The molecule has 1 aromatic heterocycles. The van der Waals surface area contributed by atoms with Crippen molar-refractivity contribution in [2.45, 2.75) is 6.92 Å². The van der Waals surface area contributed by atoms with Gasteiger partial charge < -0.3 is 11.1 Å². The van der Waals surface area contributed by atoms with Crippen LogP contribution in [0.15, 0.2) is 22.8 Å². The molecule has 3 N–H and O–H groups in total. The van der Waals surface area contributed by atoms with E-state index >= 15 is 0 Å². The van der Waals surface area contributed by atoms with Crippen molar-refractivity contribution in [2.24, 2.45) is 0 Å². The first-order valence-corrected chi connectivity index (χ1v) is 6.53. The summed E-state index contributed by atoms with van der Waals surface area (Å²) in [6, 6.07) is 5.10. The largest absolute Gasteiger partial charge is 0.383 e. The number of aromatic nitrogens is 2. The van der Waals surface area contributed by atoms with Gasteiger partial charge in [0.2, 0.25) is 5.95 Å². The molecule has 0 saturated carbocycles. The van der Waals surface area contributed by atoms with Crippen LogP contribution < -0.4 is 11.1 Å². The quantitative estimate of drug-likeness (QED) is 0.800. The summed E-state index contributed by atoms with van der Waals surface area (Å²) in [6.45, 7) is 1.88. The van der Waals surface area contributed by atoms with Crippen LogP contribution in [0.2, 0.25) is 10.0 Å². The van der Waals surface area contributed by atoms with Gasteiger partial charge in [-0.2, -0.15) is 4.98 Å². The minimum Gasteiger partial charge on any atom is -0.383 e. The summed E-state index contributed by atoms with van der Waals surface area (Å²) in [5, 5.41) is 4.13. The van der Waals surface area contributed by atoms with Gasteiger partial charge >= 0.3 is 0 Å². The van der Waals surface area contributed by atoms with Crippen LogP contribution in [0.25, 0.3) is 0 Å². The molecule has 0 unspecified atom stereocenters. The standard InChI is InChI=1S/C11H9BrCl2N4/c1-5-2-7(14)8(3-6(5)13)16-11-17-9(12)4-10(15)18-11/h2-4H,1H3,(H3,15,16,17,18). The van der Waals surface area contributed by atoms with Crippen molar-refractivity contribution in [3.63, 3.8) is 0 Å². The molecule has 2 aromatic rings. The van der Waals surface area contributed by atoms with E-state index in [0.717, 1.165) is 5.56 Å². The van der Waals surface area contributed by atoms with Crippen molar-refractivity contribution in [3.05, 3.63) is 38.4 Å². The maximum absolute atomic E-state index is 6.11. The molecule has 0 radical (unpaired) electrons. The molecule has 1 aromatic carbocycles. The first-order valence-electron chi connectivity index (χ1n) is 4.98. The number of benzene rings is 1. The number of aryl methyl sites for hydroxylation is 1. The Bertz CT molecular complexity index is 584. The van der Waals surface area contributed by atoms with Gasteiger partial charge in [0.25, 0.3) is 0 Å². The summed E-state index contributed by atoms with van der Waals surface area (Å²) in [7, 11) is 0. The van der Waals surface area contributed by atoms with E-state index in [4.69, 9.17) is 28.9 Å². The zero-order valence-corrected chi connectivity index (χ0v) is 12.4. The molecule has 7 heteroatoms. The second kappa shape index (κ2) is 5.30. The Kier molecular flexibility index (Phi) is 3.94. The number of nitrogens with two attached hydrogens (primary N) is 1. The molecule has 0 amide bonds. The molecular weight excluding hydrogens is 339 g/mol. The summed E-state index contributed by atoms with van der Waals surface area (Å²) in [5.41, 5.74) is 7.16. The van der Waals surface area contributed by atoms with E-state index in [1.54, 1.807) is 18.2 Å². The van der Waals surface area contributed by atoms with E-state index in [9.17, 15) is 0 Å². The number of nitrogen functional groups attached to an aromatic ring is 1. The summed E-state index contributed by atoms with van der Waals surface area (Å²) in [4.78, 5) is 8.18. The Balaban J connectivity index is 2.36. The number of rotatable bonds is 2. The van der Waals surface area contributed by atoms with Crippen LogP contribution in [-0.4, -0.2) is 9.97 Å². The Morgan fingerprint density at radius 1 is 1.17 bits per heavy atom. The van der Waals surface area contributed by atoms with Gasteiger partial charge in [-0.25, -0.2) is 4.98 Å². The zero-order valence-electron chi connectivity index (χ0n) is 9.34. The first kappa shape index (κ1) is 13.4. The number of nitrogens with one attached hydrogen (secondary N) is 1. The molecule has 4 nitrogen and oxygen atoms in total. The summed E-state index contributed by atoms with van der Waals surface area (Å²) < 4.78 is 0.590. The molecule has 1 heterocycles. The Morgan fingerprint density at radius 2 is 1.89 bits per heavy atom. The van der Waals surface area contributed by atoms with Gasteiger partial charge in [-0.15, -0.1) is 0 Å². The zero-order chi connectivity index (χ0) is 13.3. The molecule has 0 aliphatic heterocycles. The summed E-state index contributed by atoms with van der Waals surface area (Å²) in [6.07, 6.45) is 0. The predicted molar refractivity (Wildman–Crippen MR) is 78.6 cm³/mol. The lowest BCUT2D eigenvalue weighted by molar-refractivity contribution is 1.15. The van der Waals surface area contributed by atoms with Gasteiger partial charge in [0.05, 0.1) is 10.7 Å². The van der Waals surface area contributed by atoms with Crippen LogP contribution >= 0.6 is 39.1 Å². The SMILES string of the molecule is Cc1cc(Cl)c(Nc2nc(N)cc(Br)n2)cc1Cl. The van der Waals surface area contributed by atoms with E-state index in [-0.39, 0.29) is 0 Å². The maximum atomic E-state index is 6.11. The highest BCUT2D eigenvalue weighted by atomic mass is 79.9. The smallest absolute Gasteiger partial charge is 0.230 e. The number of anilines is 3. The van der Waals surface area contributed by atoms with Gasteiger partial charge in [-0.05, 0) is 40.5 Å². The number of halogens is 3. The predicted octanol–water partition coefficient (Wildman–Crippen LogP) is 4.18. The van der Waals surface area contributed by atoms with Crippen LogP contribution in [-0.2, 0) is 0 Å². The molecule has 94 valence electrons. The van der Waals surface area contributed by atoms with Crippen LogP contribution in [0.3, 0.4) is 0 Å². The molecule has 0 bridgehead atoms. The van der Waals surface area contributed by atoms with E-state index < -0.39 is 0 Å². The first-order chi connectivity index (χ1) is 8.45. The second-order valence-corrected chi connectivity index (χ2v) is 5.27. The fourth-order valence-electron chi connectivity index (χ4n) is 1.35. The highest BCUT2D eigenvalue weighted by Gasteiger charge is 2.07. The minimum absolute atomic E-state index is 0.351. The van der Waals surface area contributed by atoms with E-state index in [1.165, 1.54) is 0 Å². The molecule has 0 spiro atoms. The minimum atomic E-state index is 0.351. The third-order valence-corrected chi connectivity index (χ3v) is 3.34. The lowest BCUT2D eigenvalue weighted by atomic mass is 10.2. The molecule has 0 atom stereocenters. The van der Waals surface area contributed by atoms with Gasteiger partial charge in [-0.1, -0.05) is 23.2 Å². The molecule has 0 fully saturated rings. The average Bonchev–Trinajstić information content (AvgIpc) is 2.24. The Hall–Kier alpha value is -1.04. The summed E-state index contributed by atoms with van der Waals surface area (Å²) in [5.74, 6) is 0.706. The van der Waals surface area contributed by atoms with Crippen molar-refractivity contribution in [1.82, 2.24) is 9.97 Å². The highest BCUT2D eigenvalue weighted by molar-refractivity contribution is 9.10. The lowest BCUT2D eigenvalue weighted by Crippen LogP contribution is -2.01. The van der Waals surface area contributed by atoms with Gasteiger partial charge in [0.1, 0.15) is 10.4 Å². The van der Waals surface area contributed by atoms with Crippen molar-refractivity contribution in [2.75, 3.05) is 11.1 Å². The molecule has 2 rings (SSSR count). The number of nitrogens with zero attached hydrogens (tertiary/aromatic N) is 2. The summed E-state index contributed by atoms with van der Waals surface area (Å²) >= 11 is 15.4. The second-order valence-electron chi connectivity index (χ2n) is 3.65. The number of hydrogen-bond acceptors (Lipinski definition) is 4. The van der Waals surface area contributed by atoms with Crippen LogP contribution in [0.5, 0.6) is 0 Å². The van der Waals surface area contributed by atoms with Crippen LogP contribution in [0, 0.1) is 6.92 Å². The van der Waals surface area contributed by atoms with Crippen molar-refractivity contribution in [1.29, 1.82) is 0 Å². The van der Waals surface area contributed by atoms with Gasteiger partial charge in [0, 0.05) is 11.1 Å². The molecule has 0 saturated heterocycles. The third-order valence-electron chi connectivity index (χ3n) is 2.21. The van der Waals surface area contributed by atoms with E-state index in [2.05, 4.69) is 31.2 Å². The average molecular weight is 348 g/mol. The molecular formula is C11H9BrCl2N4. The molecule has 0 aliphatic carbocycles. The van der Waals surface area contributed by atoms with Gasteiger partial charge in [-0.3, -0.25) is 0 Å². The highest BCUT2D eigenvalue weighted by Crippen LogP contribution is 2.30. The topological polar surface area (TPSA) is 63.8 Å². The maximum Gasteiger partial charge on any atom is 0.230 e. The van der Waals surface area contributed by atoms with Crippen molar-refractivity contribution in [3.8, 4) is 0 Å². The Morgan fingerprint density at radius 3 is 2.56 bits per heavy atom. The monoisotopic (exact) mass is 346 g/mol. The number of hydrogen-bond donors (Lipinski definition) is 2. The third kappa shape index (κ3) is 3.04. The lowest BCUT2D eigenvalue weighted by Gasteiger charge is -2.09. The van der Waals surface area contributed by atoms with Crippen LogP contribution in [0.4, 0.5) is 17.5 Å². The van der Waals surface area contributed by atoms with E-state index in [0.29, 0.717) is 32.1 Å². The van der Waals surface area contributed by atoms with Crippen molar-refractivity contribution < 1.29 is 0 Å². The molecule has 0 aliphatic rings. The van der Waals surface area contributed by atoms with Crippen LogP contribution in [0.1, 0.15) is 5.56 Å². The molecule has 18 heavy (non-hydrogen) atoms. The Labute approximate surface area is 123 Å². The van der Waals surface area contributed by atoms with Crippen molar-refractivity contribution >= 4 is 56.6 Å². The van der Waals surface area contributed by atoms with E-state index in [1.807, 2.05) is 6.92 Å². The normalized spacial score (nSPS) is 10.4. The fraction of sp³-hybridized carbons (Fsp3) is 0.0909. The fourth-order valence-corrected chi connectivity index (χ4v) is 2.19. The van der Waals surface area contributed by atoms with Gasteiger partial charge in [0.15, 0.2) is 0 Å².